The Hall–Kier alpha value is -2.90. The SMILES string of the molecule is CC1=CCCC2(C)C(CCC2(O)CN(CC2CCC3CC2C3(C)C)C(=O)NC(C)C)c2ccc(cc2C(=O)c2ccco2)CC(O)CC1. The summed E-state index contributed by atoms with van der Waals surface area (Å²) in [6, 6.07) is 9.36. The van der Waals surface area contributed by atoms with E-state index in [0.717, 1.165) is 36.3 Å². The van der Waals surface area contributed by atoms with Crippen LogP contribution < -0.4 is 5.32 Å². The number of rotatable bonds is 7. The normalized spacial score (nSPS) is 32.9. The van der Waals surface area contributed by atoms with Crippen molar-refractivity contribution in [3.05, 3.63) is 70.7 Å². The fourth-order valence-electron chi connectivity index (χ4n) is 10.1. The van der Waals surface area contributed by atoms with E-state index in [1.165, 1.54) is 24.7 Å². The number of ketones is 1. The number of carbonyl (C=O) groups excluding carboxylic acids is 2. The molecule has 0 spiro atoms. The number of aliphatic hydroxyl groups is 2. The number of fused-ring (bicyclic) bond motifs is 10. The van der Waals surface area contributed by atoms with Gasteiger partial charge in [0.1, 0.15) is 0 Å². The van der Waals surface area contributed by atoms with Crippen molar-refractivity contribution in [2.75, 3.05) is 13.1 Å². The highest BCUT2D eigenvalue weighted by Crippen LogP contribution is 2.62. The number of carbonyl (C=O) groups is 2. The van der Waals surface area contributed by atoms with Crippen molar-refractivity contribution in [2.45, 2.75) is 129 Å². The summed E-state index contributed by atoms with van der Waals surface area (Å²) in [5.74, 6) is 1.80. The molecule has 2 amide bonds. The van der Waals surface area contributed by atoms with E-state index in [4.69, 9.17) is 4.42 Å². The van der Waals surface area contributed by atoms with E-state index < -0.39 is 17.1 Å². The lowest BCUT2D eigenvalue weighted by Crippen LogP contribution is -2.59. The van der Waals surface area contributed by atoms with Gasteiger partial charge in [0.05, 0.1) is 24.5 Å². The van der Waals surface area contributed by atoms with Crippen molar-refractivity contribution < 1.29 is 24.2 Å². The van der Waals surface area contributed by atoms with Gasteiger partial charge in [-0.3, -0.25) is 4.79 Å². The van der Waals surface area contributed by atoms with Crippen molar-refractivity contribution in [2.24, 2.45) is 28.6 Å². The van der Waals surface area contributed by atoms with Gasteiger partial charge in [-0.25, -0.2) is 4.79 Å². The third-order valence-electron chi connectivity index (χ3n) is 13.3. The Morgan fingerprint density at radius 1 is 1.08 bits per heavy atom. The van der Waals surface area contributed by atoms with Crippen molar-refractivity contribution in [1.82, 2.24) is 10.2 Å². The molecule has 4 bridgehead atoms. The topological polar surface area (TPSA) is 103 Å². The van der Waals surface area contributed by atoms with Gasteiger partial charge >= 0.3 is 6.03 Å². The van der Waals surface area contributed by atoms with Crippen molar-refractivity contribution in [3.63, 3.8) is 0 Å². The van der Waals surface area contributed by atoms with Gasteiger partial charge in [0.25, 0.3) is 0 Å². The molecule has 7 nitrogen and oxygen atoms in total. The van der Waals surface area contributed by atoms with Gasteiger partial charge in [0.2, 0.25) is 5.78 Å². The third kappa shape index (κ3) is 6.54. The molecule has 2 aromatic rings. The van der Waals surface area contributed by atoms with E-state index >= 15 is 0 Å². The summed E-state index contributed by atoms with van der Waals surface area (Å²) < 4.78 is 5.59. The second kappa shape index (κ2) is 13.4. The highest BCUT2D eigenvalue weighted by molar-refractivity contribution is 6.08. The summed E-state index contributed by atoms with van der Waals surface area (Å²) in [6.07, 6.45) is 11.5. The average Bonchev–Trinajstić information content (AvgIpc) is 3.66. The van der Waals surface area contributed by atoms with Gasteiger partial charge < -0.3 is 24.8 Å². The molecule has 7 heteroatoms. The van der Waals surface area contributed by atoms with Crippen molar-refractivity contribution >= 4 is 11.8 Å². The number of furan rings is 1. The number of nitrogens with zero attached hydrogens (tertiary/aromatic N) is 1. The monoisotopic (exact) mass is 658 g/mol. The fraction of sp³-hybridized carbons (Fsp3) is 0.659. The number of urea groups is 1. The molecule has 1 aromatic heterocycles. The number of hydrogen-bond acceptors (Lipinski definition) is 5. The maximum absolute atomic E-state index is 14.0. The van der Waals surface area contributed by atoms with Crippen molar-refractivity contribution in [1.29, 1.82) is 0 Å². The molecule has 4 saturated carbocycles. The minimum Gasteiger partial charge on any atom is -0.461 e. The van der Waals surface area contributed by atoms with Gasteiger partial charge in [0.15, 0.2) is 5.76 Å². The minimum absolute atomic E-state index is 0.00731. The van der Waals surface area contributed by atoms with Gasteiger partial charge in [-0.05, 0) is 143 Å². The van der Waals surface area contributed by atoms with Gasteiger partial charge in [0, 0.05) is 23.6 Å². The van der Waals surface area contributed by atoms with Gasteiger partial charge in [-0.2, -0.15) is 0 Å². The highest BCUT2D eigenvalue weighted by Gasteiger charge is 2.59. The number of hydrogen-bond donors (Lipinski definition) is 3. The third-order valence-corrected chi connectivity index (χ3v) is 13.3. The zero-order valence-electron chi connectivity index (χ0n) is 30.1. The van der Waals surface area contributed by atoms with Gasteiger partial charge in [-0.1, -0.05) is 44.6 Å². The Morgan fingerprint density at radius 3 is 2.56 bits per heavy atom. The average molecular weight is 659 g/mol. The summed E-state index contributed by atoms with van der Waals surface area (Å²) in [5.41, 5.74) is 2.19. The standard InChI is InChI=1S/C41H58N2O5/c1-26(2)42-38(46)43(24-29-13-14-30-23-35(29)39(30,4)5)25-41(47)19-17-34-32-16-12-28(22-33(32)37(45)36-10-8-20-48-36)21-31(44)15-11-27(3)9-7-18-40(34,41)6/h8-10,12,16,20,22,26,29-31,34-35,44,47H,7,11,13-15,17-19,21,23-25H2,1-6H3,(H,42,46). The van der Waals surface area contributed by atoms with Gasteiger partial charge in [-0.15, -0.1) is 0 Å². The van der Waals surface area contributed by atoms with Crippen LogP contribution in [0, 0.1) is 28.6 Å². The second-order valence-corrected chi connectivity index (χ2v) is 16.9. The molecular weight excluding hydrogens is 600 g/mol. The summed E-state index contributed by atoms with van der Waals surface area (Å²) in [5, 5.41) is 27.0. The summed E-state index contributed by atoms with van der Waals surface area (Å²) in [7, 11) is 0. The number of aliphatic hydroxyl groups excluding tert-OH is 1. The lowest BCUT2D eigenvalue weighted by Gasteiger charge is -2.60. The highest BCUT2D eigenvalue weighted by atomic mass is 16.3. The lowest BCUT2D eigenvalue weighted by atomic mass is 9.45. The number of amides is 2. The van der Waals surface area contributed by atoms with E-state index in [0.29, 0.717) is 61.5 Å². The minimum atomic E-state index is -1.16. The molecule has 3 N–H and O–H groups in total. The Bertz CT molecular complexity index is 1510. The first kappa shape index (κ1) is 34.9. The van der Waals surface area contributed by atoms with E-state index in [2.05, 4.69) is 45.2 Å². The molecule has 6 aliphatic rings. The molecule has 0 saturated heterocycles. The van der Waals surface area contributed by atoms with Crippen LogP contribution in [0.15, 0.2) is 52.7 Å². The fourth-order valence-corrected chi connectivity index (χ4v) is 10.1. The second-order valence-electron chi connectivity index (χ2n) is 16.9. The molecule has 1 heterocycles. The number of benzene rings is 1. The lowest BCUT2D eigenvalue weighted by molar-refractivity contribution is -0.117. The van der Waals surface area contributed by atoms with Crippen LogP contribution in [0.4, 0.5) is 4.79 Å². The van der Waals surface area contributed by atoms with Crippen LogP contribution in [0.3, 0.4) is 0 Å². The van der Waals surface area contributed by atoms with Crippen LogP contribution in [0.1, 0.15) is 132 Å². The molecule has 7 unspecified atom stereocenters. The molecule has 0 aliphatic heterocycles. The van der Waals surface area contributed by atoms with Crippen LogP contribution in [-0.2, 0) is 6.42 Å². The molecule has 262 valence electrons. The molecule has 1 aromatic carbocycles. The zero-order chi connectivity index (χ0) is 34.4. The summed E-state index contributed by atoms with van der Waals surface area (Å²) in [6.45, 7) is 14.0. The maximum atomic E-state index is 14.0. The molecule has 48 heavy (non-hydrogen) atoms. The number of nitrogens with one attached hydrogen (secondary N) is 1. The smallest absolute Gasteiger partial charge is 0.317 e. The Labute approximate surface area is 287 Å². The predicted octanol–water partition coefficient (Wildman–Crippen LogP) is 8.04. The first-order chi connectivity index (χ1) is 22.7. The first-order valence-electron chi connectivity index (χ1n) is 18.5. The Balaban J connectivity index is 1.38. The molecular formula is C41H58N2O5. The quantitative estimate of drug-likeness (QED) is 0.206. The Morgan fingerprint density at radius 2 is 1.88 bits per heavy atom. The molecule has 6 aliphatic carbocycles. The first-order valence-corrected chi connectivity index (χ1v) is 18.5. The maximum Gasteiger partial charge on any atom is 0.317 e. The largest absolute Gasteiger partial charge is 0.461 e. The van der Waals surface area contributed by atoms with Crippen LogP contribution in [0.2, 0.25) is 0 Å². The van der Waals surface area contributed by atoms with Crippen molar-refractivity contribution in [3.8, 4) is 0 Å². The van der Waals surface area contributed by atoms with Crippen LogP contribution in [-0.4, -0.2) is 57.8 Å². The molecule has 4 fully saturated rings. The van der Waals surface area contributed by atoms with Crippen LogP contribution >= 0.6 is 0 Å². The van der Waals surface area contributed by atoms with Crippen LogP contribution in [0.25, 0.3) is 0 Å². The number of allylic oxidation sites excluding steroid dienone is 2. The van der Waals surface area contributed by atoms with E-state index in [1.54, 1.807) is 12.1 Å². The summed E-state index contributed by atoms with van der Waals surface area (Å²) in [4.78, 5) is 29.9. The van der Waals surface area contributed by atoms with E-state index in [1.807, 2.05) is 30.9 Å². The van der Waals surface area contributed by atoms with E-state index in [9.17, 15) is 19.8 Å². The molecule has 7 atom stereocenters. The predicted molar refractivity (Wildman–Crippen MR) is 189 cm³/mol. The van der Waals surface area contributed by atoms with Crippen LogP contribution in [0.5, 0.6) is 0 Å². The molecule has 8 rings (SSSR count). The molecule has 0 radical (unpaired) electrons. The Kier molecular flexibility index (Phi) is 9.78. The summed E-state index contributed by atoms with van der Waals surface area (Å²) >= 11 is 0. The zero-order valence-corrected chi connectivity index (χ0v) is 30.1. The van der Waals surface area contributed by atoms with E-state index in [-0.39, 0.29) is 36.1 Å².